The van der Waals surface area contributed by atoms with Gasteiger partial charge in [0.2, 0.25) is 11.7 Å². The van der Waals surface area contributed by atoms with E-state index in [0.29, 0.717) is 29.6 Å². The molecule has 1 aliphatic rings. The van der Waals surface area contributed by atoms with Gasteiger partial charge in [-0.2, -0.15) is 0 Å². The predicted octanol–water partition coefficient (Wildman–Crippen LogP) is 2.14. The van der Waals surface area contributed by atoms with Gasteiger partial charge in [0.25, 0.3) is 0 Å². The Balaban J connectivity index is 1.83. The smallest absolute Gasteiger partial charge is 0.245 e. The molecule has 2 aromatic carbocycles. The van der Waals surface area contributed by atoms with Crippen LogP contribution in [0.25, 0.3) is 0 Å². The van der Waals surface area contributed by atoms with Crippen LogP contribution >= 0.6 is 0 Å². The molecule has 0 saturated carbocycles. The molecule has 9 heteroatoms. The molecule has 0 unspecified atom stereocenters. The number of nitrogens with zero attached hydrogens (tertiary/aromatic N) is 5. The summed E-state index contributed by atoms with van der Waals surface area (Å²) in [6.45, 7) is 2.55. The number of fused-ring (bicyclic) bond motifs is 1. The Labute approximate surface area is 174 Å². The highest BCUT2D eigenvalue weighted by molar-refractivity contribution is 5.78. The quantitative estimate of drug-likeness (QED) is 0.616. The molecule has 0 N–H and O–H groups in total. The lowest BCUT2D eigenvalue weighted by atomic mass is 10.00. The maximum atomic E-state index is 13.1. The van der Waals surface area contributed by atoms with Crippen molar-refractivity contribution >= 4 is 5.91 Å². The summed E-state index contributed by atoms with van der Waals surface area (Å²) in [7, 11) is 4.66. The first-order valence-corrected chi connectivity index (χ1v) is 9.46. The molecular formula is C21H23N5O4. The molecule has 0 bridgehead atoms. The number of hydrogen-bond donors (Lipinski definition) is 0. The first-order chi connectivity index (χ1) is 14.5. The van der Waals surface area contributed by atoms with Gasteiger partial charge in [0.1, 0.15) is 12.6 Å². The van der Waals surface area contributed by atoms with Crippen LogP contribution in [0.4, 0.5) is 0 Å². The van der Waals surface area contributed by atoms with Crippen molar-refractivity contribution in [1.29, 1.82) is 0 Å². The zero-order valence-electron chi connectivity index (χ0n) is 17.3. The molecule has 2 heterocycles. The molecule has 0 radical (unpaired) electrons. The Morgan fingerprint density at radius 2 is 1.70 bits per heavy atom. The van der Waals surface area contributed by atoms with Crippen molar-refractivity contribution < 1.29 is 19.0 Å². The van der Waals surface area contributed by atoms with Crippen molar-refractivity contribution in [3.8, 4) is 17.2 Å². The summed E-state index contributed by atoms with van der Waals surface area (Å²) in [5, 5.41) is 12.0. The predicted molar refractivity (Wildman–Crippen MR) is 107 cm³/mol. The van der Waals surface area contributed by atoms with Crippen molar-refractivity contribution in [3.63, 3.8) is 0 Å². The van der Waals surface area contributed by atoms with Gasteiger partial charge in [-0.25, -0.2) is 4.68 Å². The molecular weight excluding hydrogens is 386 g/mol. The second kappa shape index (κ2) is 8.02. The second-order valence-electron chi connectivity index (χ2n) is 7.06. The van der Waals surface area contributed by atoms with Crippen LogP contribution in [0.2, 0.25) is 0 Å². The third kappa shape index (κ3) is 3.42. The largest absolute Gasteiger partial charge is 0.493 e. The molecule has 4 rings (SSSR count). The van der Waals surface area contributed by atoms with Gasteiger partial charge < -0.3 is 19.1 Å². The highest BCUT2D eigenvalue weighted by atomic mass is 16.5. The number of aryl methyl sites for hydroxylation is 1. The maximum Gasteiger partial charge on any atom is 0.245 e. The maximum absolute atomic E-state index is 13.1. The van der Waals surface area contributed by atoms with Crippen LogP contribution < -0.4 is 14.2 Å². The van der Waals surface area contributed by atoms with E-state index in [9.17, 15) is 4.79 Å². The van der Waals surface area contributed by atoms with E-state index in [1.807, 2.05) is 43.3 Å². The summed E-state index contributed by atoms with van der Waals surface area (Å²) in [5.74, 6) is 1.99. The summed E-state index contributed by atoms with van der Waals surface area (Å²) >= 11 is 0. The molecule has 1 aromatic heterocycles. The molecule has 3 aromatic rings. The minimum Gasteiger partial charge on any atom is -0.493 e. The van der Waals surface area contributed by atoms with E-state index in [2.05, 4.69) is 15.5 Å². The summed E-state index contributed by atoms with van der Waals surface area (Å²) in [6, 6.07) is 11.2. The minimum atomic E-state index is -0.503. The fourth-order valence-electron chi connectivity index (χ4n) is 3.68. The third-order valence-electron chi connectivity index (χ3n) is 5.20. The number of aromatic nitrogens is 4. The number of amides is 1. The van der Waals surface area contributed by atoms with E-state index in [1.165, 1.54) is 4.68 Å². The zero-order valence-corrected chi connectivity index (χ0v) is 17.3. The lowest BCUT2D eigenvalue weighted by molar-refractivity contribution is -0.136. The van der Waals surface area contributed by atoms with Crippen molar-refractivity contribution in [2.24, 2.45) is 0 Å². The van der Waals surface area contributed by atoms with Crippen LogP contribution in [0.15, 0.2) is 36.4 Å². The van der Waals surface area contributed by atoms with Gasteiger partial charge in [0, 0.05) is 6.54 Å². The lowest BCUT2D eigenvalue weighted by Crippen LogP contribution is -2.43. The third-order valence-corrected chi connectivity index (χ3v) is 5.20. The topological polar surface area (TPSA) is 91.6 Å². The first-order valence-electron chi connectivity index (χ1n) is 9.46. The standard InChI is InChI=1S/C21H23N5O4/c1-13-5-7-14(8-6-13)11-25-18(27)12-26-21(22-23-24-26)19(25)15-9-16(28-2)20(30-4)17(10-15)29-3/h5-10,19H,11-12H2,1-4H3/t19-/m0/s1. The molecule has 0 fully saturated rings. The summed E-state index contributed by atoms with van der Waals surface area (Å²) in [5.41, 5.74) is 2.95. The zero-order chi connectivity index (χ0) is 21.3. The average Bonchev–Trinajstić information content (AvgIpc) is 3.22. The van der Waals surface area contributed by atoms with Crippen molar-refractivity contribution in [2.45, 2.75) is 26.1 Å². The number of benzene rings is 2. The van der Waals surface area contributed by atoms with Gasteiger partial charge in [-0.1, -0.05) is 29.8 Å². The van der Waals surface area contributed by atoms with Crippen LogP contribution in [0.1, 0.15) is 28.6 Å². The monoisotopic (exact) mass is 409 g/mol. The van der Waals surface area contributed by atoms with Gasteiger partial charge in [-0.3, -0.25) is 4.79 Å². The van der Waals surface area contributed by atoms with E-state index in [1.54, 1.807) is 26.2 Å². The molecule has 0 spiro atoms. The molecule has 1 aliphatic heterocycles. The van der Waals surface area contributed by atoms with E-state index in [0.717, 1.165) is 16.7 Å². The molecule has 1 atom stereocenters. The number of tetrazole rings is 1. The Morgan fingerprint density at radius 3 is 2.30 bits per heavy atom. The SMILES string of the molecule is COc1cc([C@H]2c3nnnn3CC(=O)N2Cc2ccc(C)cc2)cc(OC)c1OC. The highest BCUT2D eigenvalue weighted by Gasteiger charge is 2.37. The molecule has 0 aliphatic carbocycles. The molecule has 156 valence electrons. The van der Waals surface area contributed by atoms with Gasteiger partial charge in [0.05, 0.1) is 21.3 Å². The number of hydrogen-bond acceptors (Lipinski definition) is 7. The van der Waals surface area contributed by atoms with Crippen LogP contribution in [0, 0.1) is 6.92 Å². The van der Waals surface area contributed by atoms with Crippen molar-refractivity contribution in [2.75, 3.05) is 21.3 Å². The van der Waals surface area contributed by atoms with Gasteiger partial charge in [-0.05, 0) is 40.6 Å². The summed E-state index contributed by atoms with van der Waals surface area (Å²) < 4.78 is 18.0. The van der Waals surface area contributed by atoms with Crippen LogP contribution in [0.5, 0.6) is 17.2 Å². The molecule has 9 nitrogen and oxygen atoms in total. The first kappa shape index (κ1) is 19.7. The molecule has 30 heavy (non-hydrogen) atoms. The van der Waals surface area contributed by atoms with E-state index >= 15 is 0 Å². The Hall–Kier alpha value is -3.62. The van der Waals surface area contributed by atoms with Gasteiger partial charge >= 0.3 is 0 Å². The van der Waals surface area contributed by atoms with E-state index in [-0.39, 0.29) is 12.5 Å². The number of rotatable bonds is 6. The number of methoxy groups -OCH3 is 3. The van der Waals surface area contributed by atoms with Crippen LogP contribution in [-0.4, -0.2) is 52.3 Å². The number of carbonyl (C=O) groups is 1. The highest BCUT2D eigenvalue weighted by Crippen LogP contribution is 2.42. The van der Waals surface area contributed by atoms with Crippen LogP contribution in [0.3, 0.4) is 0 Å². The summed E-state index contributed by atoms with van der Waals surface area (Å²) in [6.07, 6.45) is 0. The number of ether oxygens (including phenoxy) is 3. The normalized spacial score (nSPS) is 15.7. The van der Waals surface area contributed by atoms with Crippen molar-refractivity contribution in [3.05, 3.63) is 58.9 Å². The molecule has 1 amide bonds. The van der Waals surface area contributed by atoms with Gasteiger partial charge in [0.15, 0.2) is 17.3 Å². The summed E-state index contributed by atoms with van der Waals surface area (Å²) in [4.78, 5) is 14.8. The Bertz CT molecular complexity index is 1040. The average molecular weight is 409 g/mol. The van der Waals surface area contributed by atoms with E-state index in [4.69, 9.17) is 14.2 Å². The van der Waals surface area contributed by atoms with Gasteiger partial charge in [-0.15, -0.1) is 5.10 Å². The van der Waals surface area contributed by atoms with E-state index < -0.39 is 6.04 Å². The second-order valence-corrected chi connectivity index (χ2v) is 7.06. The molecule has 0 saturated heterocycles. The minimum absolute atomic E-state index is 0.0749. The van der Waals surface area contributed by atoms with Crippen molar-refractivity contribution in [1.82, 2.24) is 25.1 Å². The lowest BCUT2D eigenvalue weighted by Gasteiger charge is -2.35. The number of carbonyl (C=O) groups excluding carboxylic acids is 1. The fraction of sp³-hybridized carbons (Fsp3) is 0.333. The fourth-order valence-corrected chi connectivity index (χ4v) is 3.68. The Morgan fingerprint density at radius 1 is 1.03 bits per heavy atom. The van der Waals surface area contributed by atoms with Crippen LogP contribution in [-0.2, 0) is 17.9 Å². The Kier molecular flexibility index (Phi) is 5.26.